The molecule has 0 aromatic carbocycles. The highest BCUT2D eigenvalue weighted by molar-refractivity contribution is 5.76. The number of aliphatic hydroxyl groups excluding tert-OH is 2. The maximum Gasteiger partial charge on any atom is 0.305 e. The van der Waals surface area contributed by atoms with Crippen LogP contribution in [0.15, 0.2) is 48.6 Å². The number of hydrogen-bond acceptors (Lipinski definition) is 5. The van der Waals surface area contributed by atoms with Gasteiger partial charge in [0, 0.05) is 12.8 Å². The molecule has 0 bridgehead atoms. The van der Waals surface area contributed by atoms with Crippen molar-refractivity contribution in [1.82, 2.24) is 5.32 Å². The van der Waals surface area contributed by atoms with Gasteiger partial charge in [-0.05, 0) is 83.5 Å². The van der Waals surface area contributed by atoms with E-state index in [1.54, 1.807) is 6.08 Å². The molecule has 0 rings (SSSR count). The molecule has 0 aromatic rings. The Bertz CT molecular complexity index is 957. The molecule has 2 atom stereocenters. The standard InChI is InChI=1S/C50H91NO5/c1-3-5-7-9-11-13-15-17-18-19-20-22-24-28-32-36-40-44-50(55)56-45-41-37-33-29-25-27-31-35-39-43-49(54)51-47(46-52)48(53)42-38-34-30-26-23-21-16-14-12-10-8-6-4-2/h11,13,17-18,27,31,38,42,47-48,52-53H,3-10,12,14-16,19-26,28-30,32-37,39-41,43-46H2,1-2H3,(H,51,54)/b13-11-,18-17-,31-27-,42-38+. The average Bonchev–Trinajstić information content (AvgIpc) is 3.20. The number of ether oxygens (including phenoxy) is 1. The number of unbranched alkanes of at least 4 members (excludes halogenated alkanes) is 26. The molecule has 1 amide bonds. The summed E-state index contributed by atoms with van der Waals surface area (Å²) in [7, 11) is 0. The smallest absolute Gasteiger partial charge is 0.305 e. The number of aliphatic hydroxyl groups is 2. The second kappa shape index (κ2) is 45.5. The van der Waals surface area contributed by atoms with Crippen LogP contribution in [0.3, 0.4) is 0 Å². The lowest BCUT2D eigenvalue weighted by Crippen LogP contribution is -2.45. The Hall–Kier alpha value is -2.18. The first-order valence-electron chi connectivity index (χ1n) is 23.9. The van der Waals surface area contributed by atoms with E-state index in [4.69, 9.17) is 4.74 Å². The van der Waals surface area contributed by atoms with Gasteiger partial charge in [-0.15, -0.1) is 0 Å². The van der Waals surface area contributed by atoms with E-state index in [1.807, 2.05) is 6.08 Å². The Morgan fingerprint density at radius 2 is 0.911 bits per heavy atom. The highest BCUT2D eigenvalue weighted by atomic mass is 16.5. The lowest BCUT2D eigenvalue weighted by molar-refractivity contribution is -0.143. The van der Waals surface area contributed by atoms with Crippen molar-refractivity contribution in [1.29, 1.82) is 0 Å². The van der Waals surface area contributed by atoms with Gasteiger partial charge >= 0.3 is 5.97 Å². The van der Waals surface area contributed by atoms with Crippen LogP contribution in [0, 0.1) is 0 Å². The quantitative estimate of drug-likeness (QED) is 0.0325. The first kappa shape index (κ1) is 53.8. The topological polar surface area (TPSA) is 95.9 Å². The number of carbonyl (C=O) groups is 2. The number of allylic oxidation sites excluding steroid dienone is 7. The minimum Gasteiger partial charge on any atom is -0.466 e. The van der Waals surface area contributed by atoms with Gasteiger partial charge in [-0.25, -0.2) is 0 Å². The van der Waals surface area contributed by atoms with Crippen LogP contribution in [0.4, 0.5) is 0 Å². The molecule has 6 heteroatoms. The maximum absolute atomic E-state index is 12.4. The predicted molar refractivity (Wildman–Crippen MR) is 241 cm³/mol. The van der Waals surface area contributed by atoms with E-state index >= 15 is 0 Å². The Kier molecular flexibility index (Phi) is 43.7. The molecule has 0 heterocycles. The lowest BCUT2D eigenvalue weighted by atomic mass is 10.0. The zero-order chi connectivity index (χ0) is 40.8. The van der Waals surface area contributed by atoms with Gasteiger partial charge in [0.05, 0.1) is 25.4 Å². The van der Waals surface area contributed by atoms with Crippen molar-refractivity contribution in [2.75, 3.05) is 13.2 Å². The molecular formula is C50H91NO5. The van der Waals surface area contributed by atoms with Crippen molar-refractivity contribution < 1.29 is 24.5 Å². The zero-order valence-corrected chi connectivity index (χ0v) is 36.8. The fraction of sp³-hybridized carbons (Fsp3) is 0.800. The second-order valence-electron chi connectivity index (χ2n) is 16.1. The number of carbonyl (C=O) groups excluding carboxylic acids is 2. The van der Waals surface area contributed by atoms with Crippen molar-refractivity contribution in [3.63, 3.8) is 0 Å². The van der Waals surface area contributed by atoms with Crippen LogP contribution in [-0.2, 0) is 14.3 Å². The molecule has 0 aliphatic heterocycles. The zero-order valence-electron chi connectivity index (χ0n) is 36.8. The van der Waals surface area contributed by atoms with Crippen LogP contribution in [-0.4, -0.2) is 47.4 Å². The fourth-order valence-electron chi connectivity index (χ4n) is 6.84. The first-order chi connectivity index (χ1) is 27.5. The van der Waals surface area contributed by atoms with E-state index < -0.39 is 12.1 Å². The third-order valence-corrected chi connectivity index (χ3v) is 10.6. The van der Waals surface area contributed by atoms with Crippen LogP contribution in [0.25, 0.3) is 0 Å². The highest BCUT2D eigenvalue weighted by Crippen LogP contribution is 2.14. The summed E-state index contributed by atoms with van der Waals surface area (Å²) < 4.78 is 5.43. The minimum absolute atomic E-state index is 0.0471. The van der Waals surface area contributed by atoms with Crippen LogP contribution in [0.1, 0.15) is 232 Å². The van der Waals surface area contributed by atoms with Gasteiger partial charge in [0.25, 0.3) is 0 Å². The van der Waals surface area contributed by atoms with Gasteiger partial charge < -0.3 is 20.3 Å². The SMILES string of the molecule is CCCCC/C=C\C/C=C\CCCCCCCCCC(=O)OCCCCCC/C=C\CCCC(=O)NC(CO)C(O)/C=C/CCCCCCCCCCCCC. The van der Waals surface area contributed by atoms with Crippen LogP contribution < -0.4 is 5.32 Å². The summed E-state index contributed by atoms with van der Waals surface area (Å²) in [5, 5.41) is 22.9. The van der Waals surface area contributed by atoms with E-state index in [-0.39, 0.29) is 18.5 Å². The normalized spacial score (nSPS) is 13.1. The van der Waals surface area contributed by atoms with Gasteiger partial charge in [-0.1, -0.05) is 184 Å². The van der Waals surface area contributed by atoms with Gasteiger partial charge in [0.2, 0.25) is 5.91 Å². The fourth-order valence-corrected chi connectivity index (χ4v) is 6.84. The number of amides is 1. The summed E-state index contributed by atoms with van der Waals surface area (Å²) in [5.74, 6) is -0.179. The molecule has 0 saturated heterocycles. The van der Waals surface area contributed by atoms with Crippen LogP contribution in [0.2, 0.25) is 0 Å². The third-order valence-electron chi connectivity index (χ3n) is 10.6. The number of hydrogen-bond donors (Lipinski definition) is 3. The summed E-state index contributed by atoms with van der Waals surface area (Å²) in [6.45, 7) is 4.76. The highest BCUT2D eigenvalue weighted by Gasteiger charge is 2.17. The Labute approximate surface area is 346 Å². The molecule has 0 radical (unpaired) electrons. The first-order valence-corrected chi connectivity index (χ1v) is 23.9. The van der Waals surface area contributed by atoms with E-state index in [1.165, 1.54) is 128 Å². The lowest BCUT2D eigenvalue weighted by Gasteiger charge is -2.19. The van der Waals surface area contributed by atoms with Gasteiger partial charge in [0.1, 0.15) is 0 Å². The molecule has 0 aliphatic rings. The average molecular weight is 786 g/mol. The number of rotatable bonds is 43. The molecule has 2 unspecified atom stereocenters. The number of nitrogens with one attached hydrogen (secondary N) is 1. The van der Waals surface area contributed by atoms with Gasteiger partial charge in [-0.2, -0.15) is 0 Å². The van der Waals surface area contributed by atoms with Gasteiger partial charge in [0.15, 0.2) is 0 Å². The van der Waals surface area contributed by atoms with Crippen molar-refractivity contribution >= 4 is 11.9 Å². The predicted octanol–water partition coefficient (Wildman–Crippen LogP) is 13.9. The van der Waals surface area contributed by atoms with Gasteiger partial charge in [-0.3, -0.25) is 9.59 Å². The molecule has 326 valence electrons. The summed E-state index contributed by atoms with van der Waals surface area (Å²) in [6.07, 6.45) is 55.3. The van der Waals surface area contributed by atoms with E-state index in [0.29, 0.717) is 19.4 Å². The Morgan fingerprint density at radius 3 is 1.45 bits per heavy atom. The Balaban J connectivity index is 3.59. The molecule has 3 N–H and O–H groups in total. The Morgan fingerprint density at radius 1 is 0.500 bits per heavy atom. The second-order valence-corrected chi connectivity index (χ2v) is 16.1. The van der Waals surface area contributed by atoms with Crippen molar-refractivity contribution in [3.05, 3.63) is 48.6 Å². The van der Waals surface area contributed by atoms with E-state index in [2.05, 4.69) is 55.6 Å². The maximum atomic E-state index is 12.4. The summed E-state index contributed by atoms with van der Waals surface area (Å²) in [6, 6.07) is -0.666. The molecular weight excluding hydrogens is 695 g/mol. The van der Waals surface area contributed by atoms with E-state index in [0.717, 1.165) is 77.0 Å². The molecule has 0 fully saturated rings. The summed E-state index contributed by atoms with van der Waals surface area (Å²) >= 11 is 0. The number of esters is 1. The molecule has 0 spiro atoms. The van der Waals surface area contributed by atoms with E-state index in [9.17, 15) is 19.8 Å². The minimum atomic E-state index is -0.876. The largest absolute Gasteiger partial charge is 0.466 e. The van der Waals surface area contributed by atoms with Crippen LogP contribution in [0.5, 0.6) is 0 Å². The van der Waals surface area contributed by atoms with Crippen molar-refractivity contribution in [2.24, 2.45) is 0 Å². The molecule has 0 aliphatic carbocycles. The van der Waals surface area contributed by atoms with Crippen molar-refractivity contribution in [2.45, 2.75) is 244 Å². The molecule has 0 aromatic heterocycles. The van der Waals surface area contributed by atoms with Crippen molar-refractivity contribution in [3.8, 4) is 0 Å². The molecule has 56 heavy (non-hydrogen) atoms. The summed E-state index contributed by atoms with van der Waals surface area (Å²) in [5.41, 5.74) is 0. The molecule has 0 saturated carbocycles. The molecule has 6 nitrogen and oxygen atoms in total. The summed E-state index contributed by atoms with van der Waals surface area (Å²) in [4.78, 5) is 24.4. The third kappa shape index (κ3) is 41.5. The monoisotopic (exact) mass is 786 g/mol. The van der Waals surface area contributed by atoms with Crippen LogP contribution >= 0.6 is 0 Å².